The molecule has 2 aromatic rings. The summed E-state index contributed by atoms with van der Waals surface area (Å²) in [5, 5.41) is 4.22. The molecule has 0 bridgehead atoms. The zero-order valence-corrected chi connectivity index (χ0v) is 19.5. The maximum Gasteiger partial charge on any atom is 0.241 e. The number of sulfonamides is 1. The van der Waals surface area contributed by atoms with Crippen molar-refractivity contribution < 1.29 is 18.0 Å². The van der Waals surface area contributed by atoms with E-state index >= 15 is 0 Å². The summed E-state index contributed by atoms with van der Waals surface area (Å²) in [5.41, 5.74) is 2.06. The molecule has 1 aromatic carbocycles. The molecule has 0 spiro atoms. The summed E-state index contributed by atoms with van der Waals surface area (Å²) in [6.07, 6.45) is 2.87. The molecule has 1 unspecified atom stereocenters. The van der Waals surface area contributed by atoms with E-state index < -0.39 is 15.9 Å². The smallest absolute Gasteiger partial charge is 0.241 e. The number of hydrogen-bond donors (Lipinski definition) is 0. The molecule has 31 heavy (non-hydrogen) atoms. The zero-order valence-electron chi connectivity index (χ0n) is 18.7. The minimum absolute atomic E-state index is 0.0267. The average Bonchev–Trinajstić information content (AvgIpc) is 3.51. The summed E-state index contributed by atoms with van der Waals surface area (Å²) >= 11 is 0. The van der Waals surface area contributed by atoms with Gasteiger partial charge >= 0.3 is 0 Å². The van der Waals surface area contributed by atoms with Crippen LogP contribution in [0.15, 0.2) is 30.3 Å². The SMILES string of the molecule is Cc1nn(C)c(C)c1N(C(=O)CCC(=O)N(c1ccccc1)C(C)C1CC1)S(C)(=O)=O. The van der Waals surface area contributed by atoms with E-state index in [4.69, 9.17) is 0 Å². The Hall–Kier alpha value is -2.68. The molecule has 1 aliphatic carbocycles. The number of carbonyl (C=O) groups is 2. The molecule has 0 N–H and O–H groups in total. The Balaban J connectivity index is 1.81. The molecule has 9 heteroatoms. The van der Waals surface area contributed by atoms with E-state index in [1.165, 1.54) is 4.68 Å². The van der Waals surface area contributed by atoms with E-state index in [1.54, 1.807) is 25.8 Å². The number of anilines is 2. The van der Waals surface area contributed by atoms with Crippen LogP contribution in [0.5, 0.6) is 0 Å². The number of rotatable bonds is 8. The Bertz CT molecular complexity index is 1070. The van der Waals surface area contributed by atoms with Crippen molar-refractivity contribution in [2.24, 2.45) is 13.0 Å². The second kappa shape index (κ2) is 8.82. The molecular formula is C22H30N4O4S. The monoisotopic (exact) mass is 446 g/mol. The predicted molar refractivity (Wildman–Crippen MR) is 120 cm³/mol. The van der Waals surface area contributed by atoms with E-state index in [0.717, 1.165) is 29.1 Å². The third-order valence-corrected chi connectivity index (χ3v) is 6.85. The Labute approximate surface area is 183 Å². The number of para-hydroxylation sites is 1. The molecule has 1 saturated carbocycles. The van der Waals surface area contributed by atoms with Crippen LogP contribution in [0.1, 0.15) is 44.0 Å². The highest BCUT2D eigenvalue weighted by Gasteiger charge is 2.36. The van der Waals surface area contributed by atoms with Crippen LogP contribution in [0, 0.1) is 19.8 Å². The van der Waals surface area contributed by atoms with Crippen LogP contribution in [-0.2, 0) is 26.7 Å². The van der Waals surface area contributed by atoms with Gasteiger partial charge in [0.05, 0.1) is 17.6 Å². The van der Waals surface area contributed by atoms with Gasteiger partial charge in [0.1, 0.15) is 5.69 Å². The topological polar surface area (TPSA) is 92.6 Å². The summed E-state index contributed by atoms with van der Waals surface area (Å²) in [5.74, 6) is -0.373. The van der Waals surface area contributed by atoms with Crippen molar-refractivity contribution in [3.8, 4) is 0 Å². The van der Waals surface area contributed by atoms with Crippen molar-refractivity contribution in [3.63, 3.8) is 0 Å². The fraction of sp³-hybridized carbons (Fsp3) is 0.500. The maximum atomic E-state index is 13.2. The van der Waals surface area contributed by atoms with Gasteiger partial charge in [-0.25, -0.2) is 12.7 Å². The van der Waals surface area contributed by atoms with E-state index in [9.17, 15) is 18.0 Å². The van der Waals surface area contributed by atoms with Crippen molar-refractivity contribution in [1.82, 2.24) is 9.78 Å². The number of amides is 2. The van der Waals surface area contributed by atoms with Crippen LogP contribution in [0.3, 0.4) is 0 Å². The number of aryl methyl sites for hydroxylation is 2. The quantitative estimate of drug-likeness (QED) is 0.622. The lowest BCUT2D eigenvalue weighted by Gasteiger charge is -2.30. The lowest BCUT2D eigenvalue weighted by atomic mass is 10.1. The maximum absolute atomic E-state index is 13.2. The van der Waals surface area contributed by atoms with E-state index in [2.05, 4.69) is 5.10 Å². The third-order valence-electron chi connectivity index (χ3n) is 5.80. The Morgan fingerprint density at radius 2 is 1.71 bits per heavy atom. The summed E-state index contributed by atoms with van der Waals surface area (Å²) in [4.78, 5) is 27.9. The lowest BCUT2D eigenvalue weighted by Crippen LogP contribution is -2.41. The molecule has 1 heterocycles. The standard InChI is InChI=1S/C22H30N4O4S/c1-15-22(17(3)24(4)23-15)26(31(5,29)30)21(28)14-13-20(27)25(16(2)18-11-12-18)19-9-7-6-8-10-19/h6-10,16,18H,11-14H2,1-5H3. The molecular weight excluding hydrogens is 416 g/mol. The minimum Gasteiger partial charge on any atom is -0.309 e. The van der Waals surface area contributed by atoms with Gasteiger partial charge in [0.25, 0.3) is 0 Å². The van der Waals surface area contributed by atoms with Gasteiger partial charge in [0.15, 0.2) is 0 Å². The third kappa shape index (κ3) is 4.98. The predicted octanol–water partition coefficient (Wildman–Crippen LogP) is 2.94. The van der Waals surface area contributed by atoms with Gasteiger partial charge in [-0.15, -0.1) is 0 Å². The van der Waals surface area contributed by atoms with Crippen molar-refractivity contribution in [2.75, 3.05) is 15.5 Å². The Kier molecular flexibility index (Phi) is 6.54. The van der Waals surface area contributed by atoms with Crippen LogP contribution in [0.4, 0.5) is 11.4 Å². The van der Waals surface area contributed by atoms with Crippen LogP contribution in [0.25, 0.3) is 0 Å². The first-order valence-corrected chi connectivity index (χ1v) is 12.3. The summed E-state index contributed by atoms with van der Waals surface area (Å²) in [7, 11) is -2.19. The fourth-order valence-electron chi connectivity index (χ4n) is 3.95. The first-order chi connectivity index (χ1) is 14.5. The highest BCUT2D eigenvalue weighted by Crippen LogP contribution is 2.37. The van der Waals surface area contributed by atoms with E-state index in [1.807, 2.05) is 37.3 Å². The van der Waals surface area contributed by atoms with E-state index in [0.29, 0.717) is 17.3 Å². The van der Waals surface area contributed by atoms with Crippen LogP contribution >= 0.6 is 0 Å². The number of aromatic nitrogens is 2. The van der Waals surface area contributed by atoms with Crippen molar-refractivity contribution in [2.45, 2.75) is 52.5 Å². The van der Waals surface area contributed by atoms with E-state index in [-0.39, 0.29) is 30.5 Å². The molecule has 1 aromatic heterocycles. The zero-order chi connectivity index (χ0) is 22.9. The Morgan fingerprint density at radius 3 is 2.19 bits per heavy atom. The molecule has 8 nitrogen and oxygen atoms in total. The highest BCUT2D eigenvalue weighted by atomic mass is 32.2. The second-order valence-corrected chi connectivity index (χ2v) is 10.1. The minimum atomic E-state index is -3.88. The van der Waals surface area contributed by atoms with Crippen LogP contribution in [0.2, 0.25) is 0 Å². The molecule has 0 radical (unpaired) electrons. The van der Waals surface area contributed by atoms with Crippen molar-refractivity contribution in [3.05, 3.63) is 41.7 Å². The molecule has 3 rings (SSSR count). The number of carbonyl (C=O) groups excluding carboxylic acids is 2. The molecule has 1 fully saturated rings. The van der Waals surface area contributed by atoms with Gasteiger partial charge in [-0.1, -0.05) is 18.2 Å². The largest absolute Gasteiger partial charge is 0.309 e. The first-order valence-electron chi connectivity index (χ1n) is 10.4. The average molecular weight is 447 g/mol. The van der Waals surface area contributed by atoms with Gasteiger partial charge in [-0.3, -0.25) is 14.3 Å². The molecule has 0 saturated heterocycles. The Morgan fingerprint density at radius 1 is 1.13 bits per heavy atom. The van der Waals surface area contributed by atoms with Gasteiger partial charge in [-0.05, 0) is 51.7 Å². The summed E-state index contributed by atoms with van der Waals surface area (Å²) < 4.78 is 27.3. The molecule has 0 aliphatic heterocycles. The van der Waals surface area contributed by atoms with Crippen molar-refractivity contribution >= 4 is 33.2 Å². The van der Waals surface area contributed by atoms with Gasteiger partial charge in [0.2, 0.25) is 21.8 Å². The second-order valence-electron chi connectivity index (χ2n) is 8.24. The number of hydrogen-bond acceptors (Lipinski definition) is 5. The van der Waals surface area contributed by atoms with Crippen LogP contribution < -0.4 is 9.21 Å². The van der Waals surface area contributed by atoms with Crippen LogP contribution in [-0.4, -0.2) is 42.3 Å². The molecule has 2 amide bonds. The highest BCUT2D eigenvalue weighted by molar-refractivity contribution is 7.92. The summed E-state index contributed by atoms with van der Waals surface area (Å²) in [6.45, 7) is 5.39. The summed E-state index contributed by atoms with van der Waals surface area (Å²) in [6, 6.07) is 9.42. The molecule has 168 valence electrons. The molecule has 1 aliphatic rings. The van der Waals surface area contributed by atoms with Gasteiger partial charge in [0, 0.05) is 31.6 Å². The lowest BCUT2D eigenvalue weighted by molar-refractivity contribution is -0.123. The van der Waals surface area contributed by atoms with Crippen molar-refractivity contribution in [1.29, 1.82) is 0 Å². The first kappa shape index (κ1) is 23.0. The molecule has 1 atom stereocenters. The number of benzene rings is 1. The normalized spacial score (nSPS) is 14.9. The van der Waals surface area contributed by atoms with Gasteiger partial charge in [-0.2, -0.15) is 5.10 Å². The van der Waals surface area contributed by atoms with Gasteiger partial charge < -0.3 is 4.90 Å². The number of nitrogens with zero attached hydrogens (tertiary/aromatic N) is 4. The fourth-order valence-corrected chi connectivity index (χ4v) is 5.01.